The molecule has 3 aromatic rings. The highest BCUT2D eigenvalue weighted by Gasteiger charge is 2.10. The first kappa shape index (κ1) is 18.0. The summed E-state index contributed by atoms with van der Waals surface area (Å²) in [4.78, 5) is 16.3. The first-order valence-electron chi connectivity index (χ1n) is 8.33. The van der Waals surface area contributed by atoms with E-state index in [9.17, 15) is 4.79 Å². The van der Waals surface area contributed by atoms with Gasteiger partial charge < -0.3 is 15.8 Å². The number of hydrogen-bond donors (Lipinski definition) is 2. The Labute approximate surface area is 157 Å². The summed E-state index contributed by atoms with van der Waals surface area (Å²) < 4.78 is 5.73. The SMILES string of the molecule is Cc1ccc(C(=O)NCc2ccc(Oc3ccc(C#N)cc3)cc2)c(N)n1. The van der Waals surface area contributed by atoms with E-state index in [0.29, 0.717) is 29.2 Å². The second-order valence-electron chi connectivity index (χ2n) is 5.95. The lowest BCUT2D eigenvalue weighted by Gasteiger charge is -2.09. The zero-order valence-corrected chi connectivity index (χ0v) is 14.8. The van der Waals surface area contributed by atoms with Crippen LogP contribution in [0, 0.1) is 18.3 Å². The summed E-state index contributed by atoms with van der Waals surface area (Å²) in [7, 11) is 0. The largest absolute Gasteiger partial charge is 0.457 e. The van der Waals surface area contributed by atoms with Gasteiger partial charge >= 0.3 is 0 Å². The monoisotopic (exact) mass is 358 g/mol. The molecule has 0 aliphatic carbocycles. The number of nitrogens with zero attached hydrogens (tertiary/aromatic N) is 2. The topological polar surface area (TPSA) is 101 Å². The third-order valence-corrected chi connectivity index (χ3v) is 3.90. The Kier molecular flexibility index (Phi) is 5.33. The Hall–Kier alpha value is -3.85. The van der Waals surface area contributed by atoms with E-state index in [0.717, 1.165) is 11.3 Å². The van der Waals surface area contributed by atoms with Crippen molar-refractivity contribution in [3.8, 4) is 17.6 Å². The number of carbonyl (C=O) groups is 1. The second kappa shape index (κ2) is 8.02. The maximum Gasteiger partial charge on any atom is 0.255 e. The Balaban J connectivity index is 1.58. The summed E-state index contributed by atoms with van der Waals surface area (Å²) in [5.41, 5.74) is 8.43. The molecule has 0 radical (unpaired) electrons. The van der Waals surface area contributed by atoms with Gasteiger partial charge in [-0.2, -0.15) is 5.26 Å². The van der Waals surface area contributed by atoms with Gasteiger partial charge in [0.25, 0.3) is 5.91 Å². The molecule has 1 amide bonds. The molecule has 27 heavy (non-hydrogen) atoms. The van der Waals surface area contributed by atoms with Crippen molar-refractivity contribution in [2.75, 3.05) is 5.73 Å². The van der Waals surface area contributed by atoms with E-state index in [2.05, 4.69) is 16.4 Å². The number of rotatable bonds is 5. The third-order valence-electron chi connectivity index (χ3n) is 3.90. The minimum Gasteiger partial charge on any atom is -0.457 e. The number of amides is 1. The van der Waals surface area contributed by atoms with E-state index < -0.39 is 0 Å². The molecule has 0 aliphatic heterocycles. The van der Waals surface area contributed by atoms with Gasteiger partial charge in [0.15, 0.2) is 0 Å². The molecule has 3 rings (SSSR count). The van der Waals surface area contributed by atoms with Gasteiger partial charge in [-0.15, -0.1) is 0 Å². The summed E-state index contributed by atoms with van der Waals surface area (Å²) in [5.74, 6) is 1.27. The van der Waals surface area contributed by atoms with Crippen molar-refractivity contribution < 1.29 is 9.53 Å². The summed E-state index contributed by atoms with van der Waals surface area (Å²) >= 11 is 0. The van der Waals surface area contributed by atoms with Crippen LogP contribution < -0.4 is 15.8 Å². The molecular formula is C21H18N4O2. The number of nitrogen functional groups attached to an aromatic ring is 1. The molecule has 0 saturated heterocycles. The van der Waals surface area contributed by atoms with E-state index >= 15 is 0 Å². The van der Waals surface area contributed by atoms with Crippen molar-refractivity contribution in [3.63, 3.8) is 0 Å². The number of nitrogens with one attached hydrogen (secondary N) is 1. The molecule has 6 heteroatoms. The van der Waals surface area contributed by atoms with Crippen molar-refractivity contribution in [2.24, 2.45) is 0 Å². The molecule has 0 aliphatic rings. The number of nitrogens with two attached hydrogens (primary N) is 1. The fourth-order valence-electron chi connectivity index (χ4n) is 2.46. The molecule has 0 atom stereocenters. The molecule has 3 N–H and O–H groups in total. The van der Waals surface area contributed by atoms with E-state index in [1.165, 1.54) is 0 Å². The van der Waals surface area contributed by atoms with Crippen molar-refractivity contribution in [1.29, 1.82) is 5.26 Å². The molecular weight excluding hydrogens is 340 g/mol. The zero-order chi connectivity index (χ0) is 19.2. The molecule has 1 heterocycles. The number of ether oxygens (including phenoxy) is 1. The lowest BCUT2D eigenvalue weighted by molar-refractivity contribution is 0.0951. The number of carbonyl (C=O) groups excluding carboxylic acids is 1. The molecule has 0 spiro atoms. The van der Waals surface area contributed by atoms with Crippen LogP contribution in [0.4, 0.5) is 5.82 Å². The number of benzene rings is 2. The average molecular weight is 358 g/mol. The Morgan fingerprint density at radius 1 is 1.07 bits per heavy atom. The van der Waals surface area contributed by atoms with Gasteiger partial charge in [0.05, 0.1) is 17.2 Å². The lowest BCUT2D eigenvalue weighted by Crippen LogP contribution is -2.24. The van der Waals surface area contributed by atoms with Gasteiger partial charge in [0.2, 0.25) is 0 Å². The van der Waals surface area contributed by atoms with Crippen LogP contribution in [-0.2, 0) is 6.54 Å². The number of hydrogen-bond acceptors (Lipinski definition) is 5. The zero-order valence-electron chi connectivity index (χ0n) is 14.8. The highest BCUT2D eigenvalue weighted by atomic mass is 16.5. The molecule has 0 fully saturated rings. The summed E-state index contributed by atoms with van der Waals surface area (Å²) in [6.07, 6.45) is 0. The number of anilines is 1. The standard InChI is InChI=1S/C21H18N4O2/c1-14-2-11-19(20(23)25-14)21(26)24-13-16-5-9-18(10-6-16)27-17-7-3-15(12-22)4-8-17/h2-11H,13H2,1H3,(H2,23,25)(H,24,26). The average Bonchev–Trinajstić information content (AvgIpc) is 2.68. The van der Waals surface area contributed by atoms with Crippen LogP contribution in [-0.4, -0.2) is 10.9 Å². The number of pyridine rings is 1. The molecule has 0 saturated carbocycles. The van der Waals surface area contributed by atoms with Crippen LogP contribution in [0.5, 0.6) is 11.5 Å². The molecule has 0 unspecified atom stereocenters. The van der Waals surface area contributed by atoms with E-state index in [1.807, 2.05) is 31.2 Å². The predicted octanol–water partition coefficient (Wildman–Crippen LogP) is 3.57. The van der Waals surface area contributed by atoms with Crippen LogP contribution in [0.2, 0.25) is 0 Å². The molecule has 1 aromatic heterocycles. The van der Waals surface area contributed by atoms with Crippen molar-refractivity contribution in [2.45, 2.75) is 13.5 Å². The van der Waals surface area contributed by atoms with Crippen molar-refractivity contribution in [1.82, 2.24) is 10.3 Å². The van der Waals surface area contributed by atoms with Gasteiger partial charge in [0, 0.05) is 12.2 Å². The Bertz CT molecular complexity index is 990. The van der Waals surface area contributed by atoms with E-state index in [4.69, 9.17) is 15.7 Å². The fourth-order valence-corrected chi connectivity index (χ4v) is 2.46. The first-order chi connectivity index (χ1) is 13.0. The minimum absolute atomic E-state index is 0.221. The van der Waals surface area contributed by atoms with Crippen LogP contribution in [0.25, 0.3) is 0 Å². The molecule has 2 aromatic carbocycles. The van der Waals surface area contributed by atoms with Gasteiger partial charge in [-0.05, 0) is 61.0 Å². The number of aryl methyl sites for hydroxylation is 1. The summed E-state index contributed by atoms with van der Waals surface area (Å²) in [6, 6.07) is 19.8. The van der Waals surface area contributed by atoms with Crippen LogP contribution in [0.15, 0.2) is 60.7 Å². The summed E-state index contributed by atoms with van der Waals surface area (Å²) in [6.45, 7) is 2.18. The molecule has 6 nitrogen and oxygen atoms in total. The van der Waals surface area contributed by atoms with Crippen molar-refractivity contribution >= 4 is 11.7 Å². The third kappa shape index (κ3) is 4.61. The van der Waals surface area contributed by atoms with Gasteiger partial charge in [-0.3, -0.25) is 4.79 Å². The second-order valence-corrected chi connectivity index (χ2v) is 5.95. The normalized spacial score (nSPS) is 10.1. The maximum atomic E-state index is 12.2. The number of aromatic nitrogens is 1. The highest BCUT2D eigenvalue weighted by Crippen LogP contribution is 2.22. The maximum absolute atomic E-state index is 12.2. The molecule has 0 bridgehead atoms. The number of nitriles is 1. The van der Waals surface area contributed by atoms with E-state index in [1.54, 1.807) is 36.4 Å². The minimum atomic E-state index is -0.266. The van der Waals surface area contributed by atoms with Crippen molar-refractivity contribution in [3.05, 3.63) is 83.0 Å². The van der Waals surface area contributed by atoms with Crippen LogP contribution in [0.3, 0.4) is 0 Å². The Morgan fingerprint density at radius 3 is 2.30 bits per heavy atom. The summed E-state index contributed by atoms with van der Waals surface area (Å²) in [5, 5.41) is 11.6. The lowest BCUT2D eigenvalue weighted by atomic mass is 10.2. The quantitative estimate of drug-likeness (QED) is 0.726. The van der Waals surface area contributed by atoms with Gasteiger partial charge in [-0.1, -0.05) is 12.1 Å². The fraction of sp³-hybridized carbons (Fsp3) is 0.0952. The first-order valence-corrected chi connectivity index (χ1v) is 8.33. The predicted molar refractivity (Wildman–Crippen MR) is 102 cm³/mol. The van der Waals surface area contributed by atoms with Crippen LogP contribution in [0.1, 0.15) is 27.2 Å². The molecule has 134 valence electrons. The van der Waals surface area contributed by atoms with Gasteiger partial charge in [0.1, 0.15) is 17.3 Å². The van der Waals surface area contributed by atoms with Crippen LogP contribution >= 0.6 is 0 Å². The Morgan fingerprint density at radius 2 is 1.70 bits per heavy atom. The highest BCUT2D eigenvalue weighted by molar-refractivity contribution is 5.98. The van der Waals surface area contributed by atoms with E-state index in [-0.39, 0.29) is 11.7 Å². The smallest absolute Gasteiger partial charge is 0.255 e. The van der Waals surface area contributed by atoms with Gasteiger partial charge in [-0.25, -0.2) is 4.98 Å².